The monoisotopic (exact) mass is 242 g/mol. The molecule has 0 aromatic heterocycles. The molecule has 0 amide bonds. The summed E-state index contributed by atoms with van der Waals surface area (Å²) in [7, 11) is -3.38. The first-order chi connectivity index (χ1) is 7.38. The van der Waals surface area contributed by atoms with E-state index in [1.165, 1.54) is 19.3 Å². The van der Waals surface area contributed by atoms with Crippen molar-refractivity contribution in [2.24, 2.45) is 17.8 Å². The van der Waals surface area contributed by atoms with Crippen LogP contribution in [0.4, 0.5) is 0 Å². The van der Waals surface area contributed by atoms with Crippen molar-refractivity contribution in [2.45, 2.75) is 37.7 Å². The fourth-order valence-electron chi connectivity index (χ4n) is 4.24. The van der Waals surface area contributed by atoms with Crippen molar-refractivity contribution in [1.29, 1.82) is 0 Å². The zero-order valence-corrected chi connectivity index (χ0v) is 10.4. The second-order valence-electron chi connectivity index (χ2n) is 5.85. The summed E-state index contributed by atoms with van der Waals surface area (Å²) in [5.74, 6) is 1.82. The van der Waals surface area contributed by atoms with Gasteiger partial charge in [-0.2, -0.15) is 8.42 Å². The summed E-state index contributed by atoms with van der Waals surface area (Å²) in [5, 5.41) is 0. The van der Waals surface area contributed by atoms with Gasteiger partial charge in [0.1, 0.15) is 5.60 Å². The summed E-state index contributed by atoms with van der Waals surface area (Å²) in [6.07, 6.45) is 6.55. The molecule has 4 rings (SSSR count). The first-order valence-corrected chi connectivity index (χ1v) is 7.79. The first kappa shape index (κ1) is 10.8. The van der Waals surface area contributed by atoms with E-state index in [1.54, 1.807) is 0 Å². The van der Waals surface area contributed by atoms with Gasteiger partial charge in [0.25, 0.3) is 10.1 Å². The minimum absolute atomic E-state index is 0.507. The minimum Gasteiger partial charge on any atom is -0.259 e. The van der Waals surface area contributed by atoms with Gasteiger partial charge in [-0.25, -0.2) is 0 Å². The Kier molecular flexibility index (Phi) is 2.09. The Hall–Kier alpha value is -0.350. The third-order valence-electron chi connectivity index (χ3n) is 4.53. The fraction of sp³-hybridized carbons (Fsp3) is 0.833. The second kappa shape index (κ2) is 3.10. The fourth-order valence-corrected chi connectivity index (χ4v) is 5.07. The molecular formula is C12H18O3S. The average Bonchev–Trinajstić information content (AvgIpc) is 2.09. The Morgan fingerprint density at radius 1 is 1.25 bits per heavy atom. The zero-order chi connectivity index (χ0) is 11.6. The lowest BCUT2D eigenvalue weighted by molar-refractivity contribution is -0.0546. The summed E-state index contributed by atoms with van der Waals surface area (Å²) in [6.45, 7) is 4.12. The molecule has 0 radical (unpaired) electrons. The lowest BCUT2D eigenvalue weighted by atomic mass is 9.52. The van der Waals surface area contributed by atoms with Crippen molar-refractivity contribution in [2.75, 3.05) is 6.26 Å². The summed E-state index contributed by atoms with van der Waals surface area (Å²) in [6, 6.07) is 0. The van der Waals surface area contributed by atoms with Gasteiger partial charge in [0.15, 0.2) is 0 Å². The molecular weight excluding hydrogens is 224 g/mol. The van der Waals surface area contributed by atoms with Gasteiger partial charge in [-0.05, 0) is 55.4 Å². The molecule has 4 aliphatic rings. The SMILES string of the molecule is C=C1C2C[C@@H]3C[C@H](C2)CC1(OS(C)(=O)=O)C3. The highest BCUT2D eigenvalue weighted by molar-refractivity contribution is 7.86. The smallest absolute Gasteiger partial charge is 0.259 e. The van der Waals surface area contributed by atoms with Gasteiger partial charge in [-0.3, -0.25) is 4.18 Å². The van der Waals surface area contributed by atoms with Crippen molar-refractivity contribution < 1.29 is 12.6 Å². The van der Waals surface area contributed by atoms with Crippen molar-refractivity contribution in [3.05, 3.63) is 12.2 Å². The maximum absolute atomic E-state index is 11.4. The normalized spacial score (nSPS) is 46.3. The number of hydrogen-bond donors (Lipinski definition) is 0. The Morgan fingerprint density at radius 3 is 2.31 bits per heavy atom. The predicted octanol–water partition coefficient (Wildman–Crippen LogP) is 2.10. The largest absolute Gasteiger partial charge is 0.265 e. The van der Waals surface area contributed by atoms with Crippen LogP contribution in [0.15, 0.2) is 12.2 Å². The van der Waals surface area contributed by atoms with Gasteiger partial charge in [0, 0.05) is 0 Å². The molecule has 4 fully saturated rings. The predicted molar refractivity (Wildman–Crippen MR) is 61.4 cm³/mol. The van der Waals surface area contributed by atoms with Crippen molar-refractivity contribution >= 4 is 10.1 Å². The third kappa shape index (κ3) is 1.54. The van der Waals surface area contributed by atoms with Gasteiger partial charge in [0.05, 0.1) is 6.26 Å². The molecule has 4 atom stereocenters. The Bertz CT molecular complexity index is 423. The molecule has 3 nitrogen and oxygen atoms in total. The molecule has 4 bridgehead atoms. The number of rotatable bonds is 2. The van der Waals surface area contributed by atoms with Gasteiger partial charge < -0.3 is 0 Å². The second-order valence-corrected chi connectivity index (χ2v) is 7.43. The summed E-state index contributed by atoms with van der Waals surface area (Å²) >= 11 is 0. The molecule has 4 saturated carbocycles. The molecule has 4 heteroatoms. The van der Waals surface area contributed by atoms with E-state index in [1.807, 2.05) is 0 Å². The highest BCUT2D eigenvalue weighted by atomic mass is 32.2. The zero-order valence-electron chi connectivity index (χ0n) is 9.61. The summed E-state index contributed by atoms with van der Waals surface area (Å²) in [4.78, 5) is 0. The Morgan fingerprint density at radius 2 is 1.81 bits per heavy atom. The molecule has 0 aromatic rings. The maximum atomic E-state index is 11.4. The molecule has 0 N–H and O–H groups in total. The van der Waals surface area contributed by atoms with Crippen LogP contribution in [0.2, 0.25) is 0 Å². The van der Waals surface area contributed by atoms with Crippen molar-refractivity contribution in [3.8, 4) is 0 Å². The van der Waals surface area contributed by atoms with E-state index in [2.05, 4.69) is 6.58 Å². The van der Waals surface area contributed by atoms with Crippen LogP contribution in [0.5, 0.6) is 0 Å². The van der Waals surface area contributed by atoms with E-state index in [0.717, 1.165) is 24.7 Å². The van der Waals surface area contributed by atoms with E-state index >= 15 is 0 Å². The quantitative estimate of drug-likeness (QED) is 0.550. The Labute approximate surface area is 97.0 Å². The topological polar surface area (TPSA) is 43.4 Å². The van der Waals surface area contributed by atoms with Crippen LogP contribution in [0.25, 0.3) is 0 Å². The number of hydrogen-bond acceptors (Lipinski definition) is 3. The minimum atomic E-state index is -3.38. The van der Waals surface area contributed by atoms with Crippen LogP contribution in [-0.4, -0.2) is 20.3 Å². The standard InChI is InChI=1S/C12H18O3S/c1-8-11-4-9-3-10(5-11)7-12(8,6-9)15-16(2,13)14/h9-11H,1,3-7H2,2H3/t9-,10+,11?,12?. The van der Waals surface area contributed by atoms with E-state index in [0.29, 0.717) is 17.8 Å². The summed E-state index contributed by atoms with van der Waals surface area (Å²) in [5.41, 5.74) is 0.507. The molecule has 90 valence electrons. The van der Waals surface area contributed by atoms with Gasteiger partial charge in [0.2, 0.25) is 0 Å². The van der Waals surface area contributed by atoms with Crippen LogP contribution in [-0.2, 0) is 14.3 Å². The van der Waals surface area contributed by atoms with E-state index in [9.17, 15) is 8.42 Å². The van der Waals surface area contributed by atoms with Crippen LogP contribution < -0.4 is 0 Å². The van der Waals surface area contributed by atoms with E-state index in [4.69, 9.17) is 4.18 Å². The van der Waals surface area contributed by atoms with Crippen LogP contribution in [0, 0.1) is 17.8 Å². The molecule has 0 saturated heterocycles. The van der Waals surface area contributed by atoms with Crippen LogP contribution >= 0.6 is 0 Å². The molecule has 16 heavy (non-hydrogen) atoms. The van der Waals surface area contributed by atoms with Gasteiger partial charge >= 0.3 is 0 Å². The van der Waals surface area contributed by atoms with Crippen LogP contribution in [0.1, 0.15) is 32.1 Å². The first-order valence-electron chi connectivity index (χ1n) is 5.98. The molecule has 0 spiro atoms. The maximum Gasteiger partial charge on any atom is 0.265 e. The van der Waals surface area contributed by atoms with Crippen molar-refractivity contribution in [3.63, 3.8) is 0 Å². The molecule has 4 aliphatic carbocycles. The average molecular weight is 242 g/mol. The Balaban J connectivity index is 1.97. The van der Waals surface area contributed by atoms with E-state index in [-0.39, 0.29) is 0 Å². The lowest BCUT2D eigenvalue weighted by Crippen LogP contribution is -2.54. The highest BCUT2D eigenvalue weighted by Gasteiger charge is 2.55. The molecule has 0 heterocycles. The van der Waals surface area contributed by atoms with Crippen molar-refractivity contribution in [1.82, 2.24) is 0 Å². The van der Waals surface area contributed by atoms with Gasteiger partial charge in [-0.1, -0.05) is 6.58 Å². The van der Waals surface area contributed by atoms with E-state index < -0.39 is 15.7 Å². The lowest BCUT2D eigenvalue weighted by Gasteiger charge is -2.56. The molecule has 0 aromatic carbocycles. The van der Waals surface area contributed by atoms with Gasteiger partial charge in [-0.15, -0.1) is 0 Å². The highest BCUT2D eigenvalue weighted by Crippen LogP contribution is 2.59. The third-order valence-corrected chi connectivity index (χ3v) is 5.15. The molecule has 0 aliphatic heterocycles. The molecule has 2 unspecified atom stereocenters. The summed E-state index contributed by atoms with van der Waals surface area (Å²) < 4.78 is 28.2. The van der Waals surface area contributed by atoms with Crippen LogP contribution in [0.3, 0.4) is 0 Å².